The molecule has 1 aromatic carbocycles. The van der Waals surface area contributed by atoms with Crippen molar-refractivity contribution in [3.63, 3.8) is 0 Å². The van der Waals surface area contributed by atoms with Crippen molar-refractivity contribution >= 4 is 23.8 Å². The van der Waals surface area contributed by atoms with Crippen LogP contribution in [0.3, 0.4) is 0 Å². The number of cyclic esters (lactones) is 1. The highest BCUT2D eigenvalue weighted by molar-refractivity contribution is 5.89. The highest BCUT2D eigenvalue weighted by Gasteiger charge is 2.32. The molecule has 1 aromatic rings. The molecule has 9 nitrogen and oxygen atoms in total. The molecule has 2 aliphatic heterocycles. The third-order valence-electron chi connectivity index (χ3n) is 3.76. The maximum Gasteiger partial charge on any atom is 0.414 e. The molecule has 23 heavy (non-hydrogen) atoms. The average molecular weight is 317 g/mol. The van der Waals surface area contributed by atoms with Gasteiger partial charge in [0.05, 0.1) is 19.2 Å². The Bertz CT molecular complexity index is 643. The van der Waals surface area contributed by atoms with Gasteiger partial charge in [-0.1, -0.05) is 5.11 Å². The molecule has 0 N–H and O–H groups in total. The number of hydrogen-bond donors (Lipinski definition) is 0. The van der Waals surface area contributed by atoms with Crippen LogP contribution in [0.1, 0.15) is 0 Å². The number of ether oxygens (including phenoxy) is 2. The molecule has 2 aliphatic rings. The predicted octanol–water partition coefficient (Wildman–Crippen LogP) is 1.68. The number of carbonyl (C=O) groups excluding carboxylic acids is 2. The Morgan fingerprint density at radius 3 is 2.70 bits per heavy atom. The van der Waals surface area contributed by atoms with E-state index in [2.05, 4.69) is 10.0 Å². The van der Waals surface area contributed by atoms with Crippen molar-refractivity contribution in [3.8, 4) is 0 Å². The van der Waals surface area contributed by atoms with Gasteiger partial charge in [-0.05, 0) is 29.8 Å². The molecular formula is C14H15N5O4. The second kappa shape index (κ2) is 6.55. The second-order valence-electron chi connectivity index (χ2n) is 5.13. The van der Waals surface area contributed by atoms with Gasteiger partial charge >= 0.3 is 6.09 Å². The first kappa shape index (κ1) is 15.1. The number of anilines is 2. The van der Waals surface area contributed by atoms with Gasteiger partial charge in [-0.25, -0.2) is 4.79 Å². The molecule has 0 bridgehead atoms. The smallest absolute Gasteiger partial charge is 0.414 e. The van der Waals surface area contributed by atoms with Gasteiger partial charge in [0.25, 0.3) is 0 Å². The standard InChI is InChI=1S/C14H15N5O4/c15-17-16-7-12-8-19(13(9-20)23-12)11-3-1-10(2-4-11)18-5-6-22-14(18)21/h1-4,9,12-13H,5-8H2. The number of rotatable bonds is 5. The minimum Gasteiger partial charge on any atom is -0.447 e. The van der Waals surface area contributed by atoms with E-state index in [9.17, 15) is 9.59 Å². The van der Waals surface area contributed by atoms with Gasteiger partial charge in [0.1, 0.15) is 6.61 Å². The van der Waals surface area contributed by atoms with Crippen molar-refractivity contribution in [2.24, 2.45) is 5.11 Å². The number of amides is 1. The summed E-state index contributed by atoms with van der Waals surface area (Å²) in [5, 5.41) is 3.48. The lowest BCUT2D eigenvalue weighted by Gasteiger charge is -2.22. The lowest BCUT2D eigenvalue weighted by molar-refractivity contribution is -0.117. The summed E-state index contributed by atoms with van der Waals surface area (Å²) in [6.45, 7) is 1.54. The van der Waals surface area contributed by atoms with E-state index in [0.29, 0.717) is 26.0 Å². The summed E-state index contributed by atoms with van der Waals surface area (Å²) in [5.74, 6) is 0. The van der Waals surface area contributed by atoms with Crippen molar-refractivity contribution in [1.82, 2.24) is 0 Å². The number of azide groups is 1. The van der Waals surface area contributed by atoms with E-state index in [-0.39, 0.29) is 18.7 Å². The molecule has 2 unspecified atom stereocenters. The first-order valence-electron chi connectivity index (χ1n) is 7.15. The van der Waals surface area contributed by atoms with Crippen molar-refractivity contribution in [2.75, 3.05) is 36.0 Å². The lowest BCUT2D eigenvalue weighted by atomic mass is 10.2. The van der Waals surface area contributed by atoms with E-state index >= 15 is 0 Å². The highest BCUT2D eigenvalue weighted by Crippen LogP contribution is 2.27. The van der Waals surface area contributed by atoms with Crippen molar-refractivity contribution in [1.29, 1.82) is 0 Å². The lowest BCUT2D eigenvalue weighted by Crippen LogP contribution is -2.31. The maximum absolute atomic E-state index is 11.5. The van der Waals surface area contributed by atoms with Crippen LogP contribution in [-0.4, -0.2) is 51.0 Å². The van der Waals surface area contributed by atoms with Crippen LogP contribution >= 0.6 is 0 Å². The molecule has 0 aromatic heterocycles. The largest absolute Gasteiger partial charge is 0.447 e. The number of aldehydes is 1. The summed E-state index contributed by atoms with van der Waals surface area (Å²) < 4.78 is 10.4. The minimum atomic E-state index is -0.712. The fourth-order valence-electron chi connectivity index (χ4n) is 2.68. The quantitative estimate of drug-likeness (QED) is 0.355. The summed E-state index contributed by atoms with van der Waals surface area (Å²) in [4.78, 5) is 28.8. The van der Waals surface area contributed by atoms with E-state index < -0.39 is 6.23 Å². The van der Waals surface area contributed by atoms with Crippen LogP contribution in [0.4, 0.5) is 16.2 Å². The van der Waals surface area contributed by atoms with Crippen molar-refractivity contribution < 1.29 is 19.1 Å². The van der Waals surface area contributed by atoms with Crippen LogP contribution in [-0.2, 0) is 14.3 Å². The van der Waals surface area contributed by atoms with Crippen LogP contribution in [0, 0.1) is 0 Å². The van der Waals surface area contributed by atoms with E-state index in [1.54, 1.807) is 21.9 Å². The molecule has 3 rings (SSSR count). The Morgan fingerprint density at radius 2 is 2.09 bits per heavy atom. The molecule has 9 heteroatoms. The molecule has 1 amide bonds. The topological polar surface area (TPSA) is 108 Å². The number of carbonyl (C=O) groups is 2. The zero-order chi connectivity index (χ0) is 16.2. The Kier molecular flexibility index (Phi) is 4.31. The van der Waals surface area contributed by atoms with Crippen molar-refractivity contribution in [3.05, 3.63) is 34.7 Å². The first-order chi connectivity index (χ1) is 11.2. The Hall–Kier alpha value is -2.77. The molecule has 0 aliphatic carbocycles. The normalized spacial score (nSPS) is 23.6. The Labute approximate surface area is 132 Å². The van der Waals surface area contributed by atoms with Gasteiger partial charge < -0.3 is 14.4 Å². The van der Waals surface area contributed by atoms with Gasteiger partial charge in [-0.3, -0.25) is 9.69 Å². The van der Waals surface area contributed by atoms with E-state index in [1.807, 2.05) is 12.1 Å². The molecule has 0 spiro atoms. The Balaban J connectivity index is 1.74. The second-order valence-corrected chi connectivity index (χ2v) is 5.13. The number of nitrogens with zero attached hydrogens (tertiary/aromatic N) is 5. The summed E-state index contributed by atoms with van der Waals surface area (Å²) in [5.41, 5.74) is 9.90. The molecule has 0 radical (unpaired) electrons. The predicted molar refractivity (Wildman–Crippen MR) is 81.2 cm³/mol. The molecule has 2 atom stereocenters. The Morgan fingerprint density at radius 1 is 1.35 bits per heavy atom. The fourth-order valence-corrected chi connectivity index (χ4v) is 2.68. The zero-order valence-electron chi connectivity index (χ0n) is 12.2. The van der Waals surface area contributed by atoms with Crippen LogP contribution in [0.15, 0.2) is 29.4 Å². The van der Waals surface area contributed by atoms with Crippen LogP contribution in [0.5, 0.6) is 0 Å². The van der Waals surface area contributed by atoms with Crippen LogP contribution in [0.2, 0.25) is 0 Å². The van der Waals surface area contributed by atoms with Crippen LogP contribution in [0.25, 0.3) is 10.4 Å². The molecular weight excluding hydrogens is 302 g/mol. The van der Waals surface area contributed by atoms with Crippen LogP contribution < -0.4 is 9.80 Å². The average Bonchev–Trinajstić information content (AvgIpc) is 3.19. The highest BCUT2D eigenvalue weighted by atomic mass is 16.6. The van der Waals surface area contributed by atoms with E-state index in [4.69, 9.17) is 15.0 Å². The molecule has 2 heterocycles. The van der Waals surface area contributed by atoms with Gasteiger partial charge in [0.2, 0.25) is 0 Å². The molecule has 0 saturated carbocycles. The summed E-state index contributed by atoms with van der Waals surface area (Å²) >= 11 is 0. The monoisotopic (exact) mass is 317 g/mol. The summed E-state index contributed by atoms with van der Waals surface area (Å²) in [7, 11) is 0. The summed E-state index contributed by atoms with van der Waals surface area (Å²) in [6, 6.07) is 7.22. The fraction of sp³-hybridized carbons (Fsp3) is 0.429. The summed E-state index contributed by atoms with van der Waals surface area (Å²) in [6.07, 6.45) is -0.685. The third kappa shape index (κ3) is 3.05. The third-order valence-corrected chi connectivity index (χ3v) is 3.76. The molecule has 120 valence electrons. The molecule has 2 fully saturated rings. The van der Waals surface area contributed by atoms with Gasteiger partial charge in [-0.15, -0.1) is 0 Å². The number of benzene rings is 1. The SMILES string of the molecule is [N-]=[N+]=NCC1CN(c2ccc(N3CCOC3=O)cc2)C(C=O)O1. The van der Waals surface area contributed by atoms with E-state index in [1.165, 1.54) is 0 Å². The minimum absolute atomic E-state index is 0.176. The van der Waals surface area contributed by atoms with Gasteiger partial charge in [0.15, 0.2) is 12.5 Å². The molecule has 2 saturated heterocycles. The number of hydrogen-bond acceptors (Lipinski definition) is 6. The van der Waals surface area contributed by atoms with Gasteiger partial charge in [0, 0.05) is 22.8 Å². The first-order valence-corrected chi connectivity index (χ1v) is 7.15. The zero-order valence-corrected chi connectivity index (χ0v) is 12.2. The van der Waals surface area contributed by atoms with Crippen molar-refractivity contribution in [2.45, 2.75) is 12.3 Å². The van der Waals surface area contributed by atoms with Gasteiger partial charge in [-0.2, -0.15) is 0 Å². The van der Waals surface area contributed by atoms with E-state index in [0.717, 1.165) is 11.4 Å². The maximum atomic E-state index is 11.5.